The van der Waals surface area contributed by atoms with Gasteiger partial charge in [-0.05, 0) is 64.3 Å². The molecule has 3 atom stereocenters. The summed E-state index contributed by atoms with van der Waals surface area (Å²) in [4.78, 5) is 39.8. The number of aromatic nitrogens is 1. The summed E-state index contributed by atoms with van der Waals surface area (Å²) in [6, 6.07) is 6.20. The molecule has 9 heteroatoms. The van der Waals surface area contributed by atoms with Crippen LogP contribution < -0.4 is 16.4 Å². The van der Waals surface area contributed by atoms with E-state index in [0.717, 1.165) is 10.9 Å². The maximum atomic E-state index is 12.8. The fourth-order valence-electron chi connectivity index (χ4n) is 3.69. The SMILES string of the molecule is CC(C)(C)OC(=O)NC1CC(C(N)=O)CCC1NC(=O)c1cc2cc(Cl)ccc2[nH]1. The zero-order valence-corrected chi connectivity index (χ0v) is 18.0. The molecule has 1 aliphatic rings. The molecule has 3 rings (SSSR count). The second-order valence-corrected chi connectivity index (χ2v) is 9.10. The Morgan fingerprint density at radius 1 is 1.13 bits per heavy atom. The van der Waals surface area contributed by atoms with E-state index in [1.54, 1.807) is 45.0 Å². The lowest BCUT2D eigenvalue weighted by atomic mass is 9.82. The maximum absolute atomic E-state index is 12.8. The van der Waals surface area contributed by atoms with E-state index >= 15 is 0 Å². The Hall–Kier alpha value is -2.74. The van der Waals surface area contributed by atoms with Crippen molar-refractivity contribution in [3.05, 3.63) is 35.0 Å². The van der Waals surface area contributed by atoms with Crippen LogP contribution in [0.3, 0.4) is 0 Å². The summed E-state index contributed by atoms with van der Waals surface area (Å²) in [7, 11) is 0. The summed E-state index contributed by atoms with van der Waals surface area (Å²) < 4.78 is 5.33. The molecule has 1 fully saturated rings. The smallest absolute Gasteiger partial charge is 0.407 e. The Morgan fingerprint density at radius 3 is 2.53 bits per heavy atom. The maximum Gasteiger partial charge on any atom is 0.407 e. The van der Waals surface area contributed by atoms with Gasteiger partial charge in [0.1, 0.15) is 11.3 Å². The fourth-order valence-corrected chi connectivity index (χ4v) is 3.87. The minimum absolute atomic E-state index is 0.305. The topological polar surface area (TPSA) is 126 Å². The van der Waals surface area contributed by atoms with Crippen LogP contribution in [0, 0.1) is 5.92 Å². The van der Waals surface area contributed by atoms with E-state index in [9.17, 15) is 14.4 Å². The molecule has 5 N–H and O–H groups in total. The van der Waals surface area contributed by atoms with Gasteiger partial charge >= 0.3 is 6.09 Å². The number of rotatable bonds is 4. The first-order valence-electron chi connectivity index (χ1n) is 9.90. The number of ether oxygens (including phenoxy) is 1. The van der Waals surface area contributed by atoms with Gasteiger partial charge in [0, 0.05) is 27.9 Å². The molecule has 30 heavy (non-hydrogen) atoms. The lowest BCUT2D eigenvalue weighted by Gasteiger charge is -2.36. The number of carbonyl (C=O) groups excluding carboxylic acids is 3. The highest BCUT2D eigenvalue weighted by Crippen LogP contribution is 2.26. The number of aromatic amines is 1. The first-order chi connectivity index (χ1) is 14.0. The molecule has 162 valence electrons. The molecule has 0 radical (unpaired) electrons. The monoisotopic (exact) mass is 434 g/mol. The van der Waals surface area contributed by atoms with Crippen molar-refractivity contribution in [2.45, 2.75) is 57.7 Å². The molecule has 0 saturated heterocycles. The number of nitrogens with one attached hydrogen (secondary N) is 3. The van der Waals surface area contributed by atoms with Crippen LogP contribution in [0.5, 0.6) is 0 Å². The standard InChI is InChI=1S/C21H27ClN4O4/c1-21(2,3)30-20(29)26-16-9-11(18(23)27)4-6-15(16)25-19(28)17-10-12-8-13(22)5-7-14(12)24-17/h5,7-8,10-11,15-16,24H,4,6,9H2,1-3H3,(H2,23,27)(H,25,28)(H,26,29). The molecule has 0 bridgehead atoms. The van der Waals surface area contributed by atoms with Gasteiger partial charge in [-0.15, -0.1) is 0 Å². The predicted molar refractivity (Wildman–Crippen MR) is 114 cm³/mol. The van der Waals surface area contributed by atoms with Crippen LogP contribution in [-0.2, 0) is 9.53 Å². The number of hydrogen-bond donors (Lipinski definition) is 4. The summed E-state index contributed by atoms with van der Waals surface area (Å²) in [5, 5.41) is 7.16. The van der Waals surface area contributed by atoms with Crippen LogP contribution in [0.25, 0.3) is 10.9 Å². The van der Waals surface area contributed by atoms with Gasteiger partial charge in [0.2, 0.25) is 5.91 Å². The summed E-state index contributed by atoms with van der Waals surface area (Å²) in [6.07, 6.45) is 0.778. The number of primary amides is 1. The predicted octanol–water partition coefficient (Wildman–Crippen LogP) is 3.10. The first kappa shape index (κ1) is 22.0. The molecule has 8 nitrogen and oxygen atoms in total. The lowest BCUT2D eigenvalue weighted by molar-refractivity contribution is -0.123. The molecule has 1 saturated carbocycles. The molecular weight excluding hydrogens is 408 g/mol. The number of halogens is 1. The Morgan fingerprint density at radius 2 is 1.87 bits per heavy atom. The van der Waals surface area contributed by atoms with E-state index in [1.807, 2.05) is 0 Å². The van der Waals surface area contributed by atoms with E-state index in [-0.39, 0.29) is 17.9 Å². The quantitative estimate of drug-likeness (QED) is 0.589. The summed E-state index contributed by atoms with van der Waals surface area (Å²) >= 11 is 6.01. The molecule has 3 unspecified atom stereocenters. The third-order valence-electron chi connectivity index (χ3n) is 5.10. The Labute approximate surface area is 179 Å². The van der Waals surface area contributed by atoms with E-state index in [4.69, 9.17) is 22.1 Å². The molecule has 0 aliphatic heterocycles. The normalized spacial score (nSPS) is 21.8. The van der Waals surface area contributed by atoms with Crippen molar-refractivity contribution in [2.75, 3.05) is 0 Å². The van der Waals surface area contributed by atoms with Gasteiger partial charge in [0.05, 0.1) is 6.04 Å². The van der Waals surface area contributed by atoms with Crippen molar-refractivity contribution in [1.29, 1.82) is 0 Å². The highest BCUT2D eigenvalue weighted by atomic mass is 35.5. The zero-order chi connectivity index (χ0) is 22.1. The average Bonchev–Trinajstić information content (AvgIpc) is 3.04. The number of amides is 3. The van der Waals surface area contributed by atoms with Crippen molar-refractivity contribution in [3.8, 4) is 0 Å². The molecule has 1 heterocycles. The average molecular weight is 435 g/mol. The number of nitrogens with two attached hydrogens (primary N) is 1. The van der Waals surface area contributed by atoms with Gasteiger partial charge < -0.3 is 26.1 Å². The van der Waals surface area contributed by atoms with Crippen LogP contribution >= 0.6 is 11.6 Å². The van der Waals surface area contributed by atoms with Gasteiger partial charge in [-0.25, -0.2) is 4.79 Å². The van der Waals surface area contributed by atoms with Crippen molar-refractivity contribution < 1.29 is 19.1 Å². The van der Waals surface area contributed by atoms with Crippen LogP contribution in [0.2, 0.25) is 5.02 Å². The molecule has 1 aromatic heterocycles. The Bertz CT molecular complexity index is 966. The number of fused-ring (bicyclic) bond motifs is 1. The number of benzene rings is 1. The van der Waals surface area contributed by atoms with E-state index in [0.29, 0.717) is 30.0 Å². The van der Waals surface area contributed by atoms with Crippen LogP contribution in [-0.4, -0.2) is 40.6 Å². The summed E-state index contributed by atoms with van der Waals surface area (Å²) in [6.45, 7) is 5.29. The number of alkyl carbamates (subject to hydrolysis) is 1. The van der Waals surface area contributed by atoms with E-state index in [1.165, 1.54) is 0 Å². The van der Waals surface area contributed by atoms with Crippen LogP contribution in [0.1, 0.15) is 50.5 Å². The lowest BCUT2D eigenvalue weighted by Crippen LogP contribution is -2.56. The van der Waals surface area contributed by atoms with Gasteiger partial charge in [0.25, 0.3) is 5.91 Å². The van der Waals surface area contributed by atoms with Gasteiger partial charge in [-0.1, -0.05) is 11.6 Å². The summed E-state index contributed by atoms with van der Waals surface area (Å²) in [5.74, 6) is -1.09. The molecule has 3 amide bonds. The minimum Gasteiger partial charge on any atom is -0.444 e. The third kappa shape index (κ3) is 5.44. The fraction of sp³-hybridized carbons (Fsp3) is 0.476. The second-order valence-electron chi connectivity index (χ2n) is 8.66. The van der Waals surface area contributed by atoms with Gasteiger partial charge in [-0.2, -0.15) is 0 Å². The second kappa shape index (κ2) is 8.55. The highest BCUT2D eigenvalue weighted by molar-refractivity contribution is 6.31. The molecule has 2 aromatic rings. The van der Waals surface area contributed by atoms with Crippen molar-refractivity contribution in [1.82, 2.24) is 15.6 Å². The Balaban J connectivity index is 1.73. The number of H-pyrrole nitrogens is 1. The molecule has 0 spiro atoms. The number of hydrogen-bond acceptors (Lipinski definition) is 4. The van der Waals surface area contributed by atoms with E-state index < -0.39 is 23.6 Å². The molecule has 1 aliphatic carbocycles. The minimum atomic E-state index is -0.661. The van der Waals surface area contributed by atoms with Crippen LogP contribution in [0.4, 0.5) is 4.79 Å². The number of carbonyl (C=O) groups is 3. The third-order valence-corrected chi connectivity index (χ3v) is 5.33. The van der Waals surface area contributed by atoms with Crippen LogP contribution in [0.15, 0.2) is 24.3 Å². The van der Waals surface area contributed by atoms with Crippen molar-refractivity contribution >= 4 is 40.4 Å². The zero-order valence-electron chi connectivity index (χ0n) is 17.3. The molecule has 1 aromatic carbocycles. The van der Waals surface area contributed by atoms with Crippen molar-refractivity contribution in [3.63, 3.8) is 0 Å². The summed E-state index contributed by atoms with van der Waals surface area (Å²) in [5.41, 5.74) is 5.99. The van der Waals surface area contributed by atoms with E-state index in [2.05, 4.69) is 15.6 Å². The Kier molecular flexibility index (Phi) is 6.26. The molecular formula is C21H27ClN4O4. The van der Waals surface area contributed by atoms with Crippen molar-refractivity contribution in [2.24, 2.45) is 11.7 Å². The van der Waals surface area contributed by atoms with Gasteiger partial charge in [-0.3, -0.25) is 9.59 Å². The highest BCUT2D eigenvalue weighted by Gasteiger charge is 2.36. The van der Waals surface area contributed by atoms with Gasteiger partial charge in [0.15, 0.2) is 0 Å². The first-order valence-corrected chi connectivity index (χ1v) is 10.3. The largest absolute Gasteiger partial charge is 0.444 e.